The largest absolute Gasteiger partial charge is 0.434 e. The van der Waals surface area contributed by atoms with Gasteiger partial charge in [0.2, 0.25) is 0 Å². The minimum Gasteiger partial charge on any atom is -0.388 e. The molecule has 3 rings (SSSR count). The number of β-amino-alcohol motifs (C(OH)–C–C–N with tert-alkyl or cyclic N) is 1. The van der Waals surface area contributed by atoms with Crippen molar-refractivity contribution < 1.29 is 36.6 Å². The Labute approximate surface area is 160 Å². The van der Waals surface area contributed by atoms with Gasteiger partial charge in [0.25, 0.3) is 0 Å². The number of pyridine rings is 1. The Bertz CT molecular complexity index is 845. The lowest BCUT2D eigenvalue weighted by Crippen LogP contribution is -2.58. The highest BCUT2D eigenvalue weighted by Crippen LogP contribution is 2.30. The molecule has 2 aromatic heterocycles. The van der Waals surface area contributed by atoms with Crippen molar-refractivity contribution in [1.29, 1.82) is 0 Å². The average molecular weight is 423 g/mol. The monoisotopic (exact) mass is 423 g/mol. The predicted octanol–water partition coefficient (Wildman–Crippen LogP) is 1.93. The first-order valence-electron chi connectivity index (χ1n) is 8.25. The predicted molar refractivity (Wildman–Crippen MR) is 87.9 cm³/mol. The molecule has 0 amide bonds. The minimum absolute atomic E-state index is 0.0610. The summed E-state index contributed by atoms with van der Waals surface area (Å²) in [5, 5.41) is 22.8. The van der Waals surface area contributed by atoms with Crippen LogP contribution in [0, 0.1) is 0 Å². The molecule has 3 heterocycles. The average Bonchev–Trinajstić information content (AvgIpc) is 2.64. The van der Waals surface area contributed by atoms with Crippen molar-refractivity contribution in [2.45, 2.75) is 30.6 Å². The molecule has 7 nitrogen and oxygen atoms in total. The third kappa shape index (κ3) is 4.85. The summed E-state index contributed by atoms with van der Waals surface area (Å²) in [6.45, 7) is -0.194. The minimum atomic E-state index is -4.72. The van der Waals surface area contributed by atoms with E-state index in [1.54, 1.807) is 0 Å². The van der Waals surface area contributed by atoms with E-state index in [4.69, 9.17) is 0 Å². The van der Waals surface area contributed by atoms with Crippen LogP contribution in [0.2, 0.25) is 0 Å². The summed E-state index contributed by atoms with van der Waals surface area (Å²) < 4.78 is 76.3. The molecule has 0 aromatic carbocycles. The van der Waals surface area contributed by atoms with Crippen LogP contribution in [-0.4, -0.2) is 56.5 Å². The zero-order valence-corrected chi connectivity index (χ0v) is 14.5. The maximum absolute atomic E-state index is 12.8. The number of rotatable bonds is 3. The van der Waals surface area contributed by atoms with Gasteiger partial charge in [-0.1, -0.05) is 0 Å². The second-order valence-electron chi connectivity index (χ2n) is 6.40. The van der Waals surface area contributed by atoms with E-state index in [-0.39, 0.29) is 24.7 Å². The zero-order chi connectivity index (χ0) is 21.4. The quantitative estimate of drug-likeness (QED) is 0.650. The maximum atomic E-state index is 12.8. The number of aromatic nitrogens is 3. The van der Waals surface area contributed by atoms with E-state index in [0.717, 1.165) is 18.3 Å². The highest BCUT2D eigenvalue weighted by molar-refractivity contribution is 5.43. The van der Waals surface area contributed by atoms with E-state index < -0.39 is 41.9 Å². The van der Waals surface area contributed by atoms with E-state index in [1.807, 2.05) is 0 Å². The van der Waals surface area contributed by atoms with Crippen LogP contribution < -0.4 is 10.2 Å². The number of anilines is 2. The summed E-state index contributed by atoms with van der Waals surface area (Å²) >= 11 is 0. The number of hydrogen-bond acceptors (Lipinski definition) is 7. The number of nitrogens with zero attached hydrogens (tertiary/aromatic N) is 4. The van der Waals surface area contributed by atoms with Crippen LogP contribution in [0.3, 0.4) is 0 Å². The Morgan fingerprint density at radius 2 is 1.69 bits per heavy atom. The second kappa shape index (κ2) is 7.63. The Hall–Kier alpha value is -2.67. The van der Waals surface area contributed by atoms with Crippen LogP contribution in [-0.2, 0) is 12.4 Å². The van der Waals surface area contributed by atoms with Crippen LogP contribution in [0.4, 0.5) is 38.0 Å². The van der Waals surface area contributed by atoms with Crippen molar-refractivity contribution in [3.05, 3.63) is 42.0 Å². The normalized spacial score (nSPS) is 23.2. The number of hydrogen-bond donors (Lipinski definition) is 3. The van der Waals surface area contributed by atoms with Gasteiger partial charge in [0.05, 0.1) is 30.1 Å². The molecule has 0 spiro atoms. The van der Waals surface area contributed by atoms with Gasteiger partial charge in [-0.05, 0) is 12.1 Å². The molecule has 3 atom stereocenters. The molecular formula is C16H15F6N5O2. The summed E-state index contributed by atoms with van der Waals surface area (Å²) in [5.74, 6) is -0.177. The van der Waals surface area contributed by atoms with Gasteiger partial charge in [-0.15, -0.1) is 0 Å². The van der Waals surface area contributed by atoms with Gasteiger partial charge in [0.1, 0.15) is 17.7 Å². The fourth-order valence-electron chi connectivity index (χ4n) is 2.84. The smallest absolute Gasteiger partial charge is 0.388 e. The molecular weight excluding hydrogens is 408 g/mol. The van der Waals surface area contributed by atoms with Gasteiger partial charge in [-0.3, -0.25) is 4.98 Å². The number of halogens is 6. The number of nitrogens with one attached hydrogen (secondary N) is 1. The number of aliphatic hydroxyl groups excluding tert-OH is 2. The van der Waals surface area contributed by atoms with Crippen molar-refractivity contribution in [3.8, 4) is 0 Å². The maximum Gasteiger partial charge on any atom is 0.434 e. The molecule has 158 valence electrons. The summed E-state index contributed by atoms with van der Waals surface area (Å²) in [6.07, 6.45) is -9.78. The first kappa shape index (κ1) is 21.0. The van der Waals surface area contributed by atoms with E-state index >= 15 is 0 Å². The van der Waals surface area contributed by atoms with Crippen LogP contribution in [0.25, 0.3) is 0 Å². The van der Waals surface area contributed by atoms with E-state index in [9.17, 15) is 36.6 Å². The summed E-state index contributed by atoms with van der Waals surface area (Å²) in [4.78, 5) is 12.0. The molecule has 0 radical (unpaired) electrons. The lowest BCUT2D eigenvalue weighted by atomic mass is 9.99. The van der Waals surface area contributed by atoms with Crippen LogP contribution >= 0.6 is 0 Å². The first-order valence-corrected chi connectivity index (χ1v) is 8.25. The van der Waals surface area contributed by atoms with Crippen molar-refractivity contribution in [1.82, 2.24) is 15.0 Å². The number of piperidine rings is 1. The van der Waals surface area contributed by atoms with Gasteiger partial charge >= 0.3 is 12.4 Å². The fourth-order valence-corrected chi connectivity index (χ4v) is 2.84. The van der Waals surface area contributed by atoms with Crippen molar-refractivity contribution in [2.24, 2.45) is 0 Å². The van der Waals surface area contributed by atoms with Crippen molar-refractivity contribution in [3.63, 3.8) is 0 Å². The number of aliphatic hydroxyl groups is 2. The van der Waals surface area contributed by atoms with E-state index in [2.05, 4.69) is 20.3 Å². The third-order valence-electron chi connectivity index (χ3n) is 4.29. The van der Waals surface area contributed by atoms with Gasteiger partial charge in [-0.25, -0.2) is 9.97 Å². The molecule has 0 saturated carbocycles. The molecule has 0 bridgehead atoms. The molecule has 1 aliphatic heterocycles. The van der Waals surface area contributed by atoms with Gasteiger partial charge in [0, 0.05) is 19.3 Å². The Kier molecular flexibility index (Phi) is 5.54. The molecule has 0 unspecified atom stereocenters. The Balaban J connectivity index is 1.78. The molecule has 1 saturated heterocycles. The third-order valence-corrected chi connectivity index (χ3v) is 4.29. The summed E-state index contributed by atoms with van der Waals surface area (Å²) in [7, 11) is 0. The molecule has 13 heteroatoms. The fraction of sp³-hybridized carbons (Fsp3) is 0.438. The highest BCUT2D eigenvalue weighted by atomic mass is 19.4. The summed E-state index contributed by atoms with van der Waals surface area (Å²) in [6, 6.07) is 0.940. The topological polar surface area (TPSA) is 94.4 Å². The van der Waals surface area contributed by atoms with Gasteiger partial charge < -0.3 is 20.4 Å². The molecule has 1 aliphatic rings. The lowest BCUT2D eigenvalue weighted by Gasteiger charge is -2.40. The number of alkyl halides is 6. The van der Waals surface area contributed by atoms with Crippen molar-refractivity contribution in [2.75, 3.05) is 23.3 Å². The standard InChI is InChI=1S/C16H15F6N5O2/c17-15(18,19)8-1-2-13(24-3-8)27-6-9(14(29)10(28)7-27)25-12-5-23-4-11(26-12)16(20,21)22/h1-5,9-10,14,28-29H,6-7H2,(H,25,26)/t9-,10-,14+/m0/s1. The van der Waals surface area contributed by atoms with Crippen molar-refractivity contribution >= 4 is 11.6 Å². The molecule has 3 N–H and O–H groups in total. The SMILES string of the molecule is O[C@@H]1[C@@H](Nc2cncc(C(F)(F)F)n2)CN(c2ccc(C(F)(F)F)cn2)C[C@@H]1O. The van der Waals surface area contributed by atoms with Gasteiger partial charge in [-0.2, -0.15) is 26.3 Å². The first-order chi connectivity index (χ1) is 13.4. The zero-order valence-electron chi connectivity index (χ0n) is 14.5. The highest BCUT2D eigenvalue weighted by Gasteiger charge is 2.37. The van der Waals surface area contributed by atoms with Crippen LogP contribution in [0.1, 0.15) is 11.3 Å². The molecule has 1 fully saturated rings. The molecule has 2 aromatic rings. The second-order valence-corrected chi connectivity index (χ2v) is 6.40. The van der Waals surface area contributed by atoms with Gasteiger partial charge in [0.15, 0.2) is 5.69 Å². The molecule has 0 aliphatic carbocycles. The van der Waals surface area contributed by atoms with Crippen LogP contribution in [0.15, 0.2) is 30.7 Å². The van der Waals surface area contributed by atoms with E-state index in [1.165, 1.54) is 4.90 Å². The van der Waals surface area contributed by atoms with Crippen LogP contribution in [0.5, 0.6) is 0 Å². The summed E-state index contributed by atoms with van der Waals surface area (Å²) in [5.41, 5.74) is -2.19. The molecule has 29 heavy (non-hydrogen) atoms. The Morgan fingerprint density at radius 1 is 0.966 bits per heavy atom. The van der Waals surface area contributed by atoms with E-state index in [0.29, 0.717) is 12.4 Å². The lowest BCUT2D eigenvalue weighted by molar-refractivity contribution is -0.141. The Morgan fingerprint density at radius 3 is 2.28 bits per heavy atom.